The molecule has 0 spiro atoms. The SMILES string of the molecule is CN1CCCC(N2CCN(CC(=O)Nc3sc4c(c3C(N)=O)CCC4)CC2)C1. The van der Waals surface area contributed by atoms with E-state index in [1.807, 2.05) is 0 Å². The number of thiophene rings is 1. The highest BCUT2D eigenvalue weighted by Gasteiger charge is 2.29. The monoisotopic (exact) mass is 405 g/mol. The van der Waals surface area contributed by atoms with Crippen molar-refractivity contribution < 1.29 is 9.59 Å². The number of carbonyl (C=O) groups excluding carboxylic acids is 2. The molecule has 7 nitrogen and oxygen atoms in total. The summed E-state index contributed by atoms with van der Waals surface area (Å²) in [6, 6.07) is 0.654. The second kappa shape index (κ2) is 8.49. The Labute approximate surface area is 170 Å². The first-order chi connectivity index (χ1) is 13.5. The van der Waals surface area contributed by atoms with Gasteiger partial charge < -0.3 is 16.0 Å². The first-order valence-corrected chi connectivity index (χ1v) is 11.2. The third kappa shape index (κ3) is 4.25. The van der Waals surface area contributed by atoms with Crippen LogP contribution in [0.15, 0.2) is 0 Å². The average Bonchev–Trinajstić information content (AvgIpc) is 3.22. The molecule has 0 aromatic carbocycles. The number of rotatable bonds is 5. The molecule has 1 aromatic rings. The molecule has 0 radical (unpaired) electrons. The molecule has 0 bridgehead atoms. The molecule has 3 heterocycles. The summed E-state index contributed by atoms with van der Waals surface area (Å²) in [7, 11) is 2.20. The van der Waals surface area contributed by atoms with Crippen molar-refractivity contribution in [3.05, 3.63) is 16.0 Å². The van der Waals surface area contributed by atoms with Crippen LogP contribution in [-0.4, -0.2) is 85.4 Å². The number of primary amides is 1. The maximum absolute atomic E-state index is 12.6. The largest absolute Gasteiger partial charge is 0.365 e. The van der Waals surface area contributed by atoms with Gasteiger partial charge >= 0.3 is 0 Å². The van der Waals surface area contributed by atoms with Crippen molar-refractivity contribution in [2.24, 2.45) is 5.73 Å². The molecule has 28 heavy (non-hydrogen) atoms. The van der Waals surface area contributed by atoms with Crippen molar-refractivity contribution in [2.75, 3.05) is 58.2 Å². The number of piperazine rings is 1. The smallest absolute Gasteiger partial charge is 0.251 e. The molecule has 3 aliphatic rings. The number of likely N-dealkylation sites (N-methyl/N-ethyl adjacent to an activating group) is 1. The molecule has 2 fully saturated rings. The minimum atomic E-state index is -0.430. The molecule has 0 saturated carbocycles. The van der Waals surface area contributed by atoms with Crippen molar-refractivity contribution in [3.8, 4) is 0 Å². The number of likely N-dealkylation sites (tertiary alicyclic amines) is 1. The molecule has 1 aliphatic carbocycles. The van der Waals surface area contributed by atoms with Crippen LogP contribution in [0.3, 0.4) is 0 Å². The summed E-state index contributed by atoms with van der Waals surface area (Å²) in [6.07, 6.45) is 5.49. The van der Waals surface area contributed by atoms with Crippen LogP contribution in [0.2, 0.25) is 0 Å². The van der Waals surface area contributed by atoms with Gasteiger partial charge in [0.15, 0.2) is 0 Å². The minimum absolute atomic E-state index is 0.0479. The van der Waals surface area contributed by atoms with Gasteiger partial charge in [-0.25, -0.2) is 0 Å². The Hall–Kier alpha value is -1.48. The second-order valence-corrected chi connectivity index (χ2v) is 9.45. The summed E-state index contributed by atoms with van der Waals surface area (Å²) in [4.78, 5) is 32.9. The third-order valence-electron chi connectivity index (χ3n) is 6.31. The normalized spacial score (nSPS) is 24.2. The highest BCUT2D eigenvalue weighted by Crippen LogP contribution is 2.38. The maximum Gasteiger partial charge on any atom is 0.251 e. The van der Waals surface area contributed by atoms with Gasteiger partial charge in [0.25, 0.3) is 5.91 Å². The zero-order chi connectivity index (χ0) is 19.7. The minimum Gasteiger partial charge on any atom is -0.365 e. The molecular formula is C20H31N5O2S. The fraction of sp³-hybridized carbons (Fsp3) is 0.700. The van der Waals surface area contributed by atoms with Crippen LogP contribution >= 0.6 is 11.3 Å². The van der Waals surface area contributed by atoms with Crippen molar-refractivity contribution in [2.45, 2.75) is 38.1 Å². The van der Waals surface area contributed by atoms with Gasteiger partial charge in [0.1, 0.15) is 5.00 Å². The summed E-state index contributed by atoms with van der Waals surface area (Å²) in [6.45, 7) is 6.60. The number of nitrogens with two attached hydrogens (primary N) is 1. The van der Waals surface area contributed by atoms with Gasteiger partial charge in [-0.05, 0) is 51.3 Å². The summed E-state index contributed by atoms with van der Waals surface area (Å²) in [5.74, 6) is -0.478. The Kier molecular flexibility index (Phi) is 6.01. The van der Waals surface area contributed by atoms with Crippen LogP contribution in [0.1, 0.15) is 40.1 Å². The Balaban J connectivity index is 1.29. The van der Waals surface area contributed by atoms with E-state index in [0.717, 1.165) is 57.5 Å². The predicted octanol–water partition coefficient (Wildman–Crippen LogP) is 0.986. The fourth-order valence-corrected chi connectivity index (χ4v) is 6.16. The van der Waals surface area contributed by atoms with Crippen LogP contribution in [-0.2, 0) is 17.6 Å². The van der Waals surface area contributed by atoms with Gasteiger partial charge in [0, 0.05) is 43.6 Å². The first-order valence-electron chi connectivity index (χ1n) is 10.4. The molecule has 1 atom stereocenters. The van der Waals surface area contributed by atoms with E-state index in [0.29, 0.717) is 23.2 Å². The molecule has 2 aliphatic heterocycles. The number of hydrogen-bond donors (Lipinski definition) is 2. The number of nitrogens with one attached hydrogen (secondary N) is 1. The van der Waals surface area contributed by atoms with Crippen LogP contribution in [0, 0.1) is 0 Å². The topological polar surface area (TPSA) is 81.9 Å². The summed E-state index contributed by atoms with van der Waals surface area (Å²) in [5, 5.41) is 3.61. The van der Waals surface area contributed by atoms with Crippen LogP contribution in [0.4, 0.5) is 5.00 Å². The second-order valence-electron chi connectivity index (χ2n) is 8.34. The Morgan fingerprint density at radius 1 is 1.14 bits per heavy atom. The lowest BCUT2D eigenvalue weighted by Crippen LogP contribution is -2.55. The lowest BCUT2D eigenvalue weighted by molar-refractivity contribution is -0.117. The lowest BCUT2D eigenvalue weighted by atomic mass is 10.0. The molecule has 3 N–H and O–H groups in total. The Morgan fingerprint density at radius 3 is 2.64 bits per heavy atom. The van der Waals surface area contributed by atoms with E-state index in [9.17, 15) is 9.59 Å². The zero-order valence-corrected chi connectivity index (χ0v) is 17.5. The summed E-state index contributed by atoms with van der Waals surface area (Å²) in [5.41, 5.74) is 7.18. The molecule has 1 aromatic heterocycles. The van der Waals surface area contributed by atoms with Gasteiger partial charge in [0.2, 0.25) is 5.91 Å². The number of hydrogen-bond acceptors (Lipinski definition) is 6. The fourth-order valence-electron chi connectivity index (χ4n) is 4.85. The number of piperidine rings is 1. The summed E-state index contributed by atoms with van der Waals surface area (Å²) < 4.78 is 0. The quantitative estimate of drug-likeness (QED) is 0.763. The van der Waals surface area contributed by atoms with E-state index in [2.05, 4.69) is 27.1 Å². The molecule has 2 saturated heterocycles. The van der Waals surface area contributed by atoms with E-state index in [4.69, 9.17) is 5.73 Å². The standard InChI is InChI=1S/C20H31N5O2S/c1-23-7-3-4-14(12-23)25-10-8-24(9-11-25)13-17(26)22-20-18(19(21)27)15-5-2-6-16(15)28-20/h14H,2-13H2,1H3,(H2,21,27)(H,22,26). The summed E-state index contributed by atoms with van der Waals surface area (Å²) >= 11 is 1.52. The molecule has 154 valence electrons. The molecule has 8 heteroatoms. The van der Waals surface area contributed by atoms with Gasteiger partial charge in [-0.15, -0.1) is 11.3 Å². The molecular weight excluding hydrogens is 374 g/mol. The van der Waals surface area contributed by atoms with Crippen molar-refractivity contribution in [1.29, 1.82) is 0 Å². The average molecular weight is 406 g/mol. The van der Waals surface area contributed by atoms with E-state index in [1.54, 1.807) is 0 Å². The predicted molar refractivity (Wildman–Crippen MR) is 112 cm³/mol. The molecule has 1 unspecified atom stereocenters. The molecule has 2 amide bonds. The van der Waals surface area contributed by atoms with E-state index >= 15 is 0 Å². The lowest BCUT2D eigenvalue weighted by Gasteiger charge is -2.42. The van der Waals surface area contributed by atoms with Crippen molar-refractivity contribution in [3.63, 3.8) is 0 Å². The molecule has 4 rings (SSSR count). The highest BCUT2D eigenvalue weighted by molar-refractivity contribution is 7.17. The van der Waals surface area contributed by atoms with Crippen molar-refractivity contribution >= 4 is 28.2 Å². The van der Waals surface area contributed by atoms with Crippen LogP contribution < -0.4 is 11.1 Å². The number of nitrogens with zero attached hydrogens (tertiary/aromatic N) is 3. The van der Waals surface area contributed by atoms with Gasteiger partial charge in [-0.1, -0.05) is 0 Å². The van der Waals surface area contributed by atoms with Gasteiger partial charge in [-0.2, -0.15) is 0 Å². The van der Waals surface area contributed by atoms with E-state index < -0.39 is 5.91 Å². The first kappa shape index (κ1) is 19.8. The Morgan fingerprint density at radius 2 is 1.93 bits per heavy atom. The number of aryl methyl sites for hydroxylation is 1. The van der Waals surface area contributed by atoms with E-state index in [-0.39, 0.29) is 5.91 Å². The van der Waals surface area contributed by atoms with E-state index in [1.165, 1.54) is 35.6 Å². The van der Waals surface area contributed by atoms with Gasteiger partial charge in [0.05, 0.1) is 12.1 Å². The number of carbonyl (C=O) groups is 2. The maximum atomic E-state index is 12.6. The van der Waals surface area contributed by atoms with Crippen molar-refractivity contribution in [1.82, 2.24) is 14.7 Å². The number of amides is 2. The number of fused-ring (bicyclic) bond motifs is 1. The highest BCUT2D eigenvalue weighted by atomic mass is 32.1. The van der Waals surface area contributed by atoms with Crippen LogP contribution in [0.5, 0.6) is 0 Å². The zero-order valence-electron chi connectivity index (χ0n) is 16.7. The van der Waals surface area contributed by atoms with Crippen LogP contribution in [0.25, 0.3) is 0 Å². The number of anilines is 1. The Bertz CT molecular complexity index is 741. The third-order valence-corrected chi connectivity index (χ3v) is 7.52. The van der Waals surface area contributed by atoms with Gasteiger partial charge in [-0.3, -0.25) is 19.4 Å².